The molecule has 0 aliphatic heterocycles. The first kappa shape index (κ1) is 55.1. The molecule has 0 heterocycles. The summed E-state index contributed by atoms with van der Waals surface area (Å²) in [5.74, 6) is -0.102. The van der Waals surface area contributed by atoms with E-state index in [0.717, 1.165) is 25.7 Å². The zero-order chi connectivity index (χ0) is 45.6. The second-order valence-corrected chi connectivity index (χ2v) is 14.9. The minimum absolute atomic E-state index is 0.0109. The fourth-order valence-corrected chi connectivity index (χ4v) is 6.56. The highest BCUT2D eigenvalue weighted by atomic mass is 16.6. The average Bonchev–Trinajstić information content (AvgIpc) is 3.64. The van der Waals surface area contributed by atoms with Crippen molar-refractivity contribution in [2.24, 2.45) is 5.92 Å². The van der Waals surface area contributed by atoms with E-state index >= 15 is 0 Å². The number of amides is 1. The highest BCUT2D eigenvalue weighted by molar-refractivity contribution is 5.79. The summed E-state index contributed by atoms with van der Waals surface area (Å²) in [7, 11) is 1.71. The Hall–Kier alpha value is -3.26. The average molecular weight is 908 g/mol. The molecule has 0 N–H and O–H groups in total. The van der Waals surface area contributed by atoms with Gasteiger partial charge in [0.05, 0.1) is 151 Å². The van der Waals surface area contributed by atoms with Gasteiger partial charge in [-0.2, -0.15) is 0 Å². The summed E-state index contributed by atoms with van der Waals surface area (Å²) in [5.41, 5.74) is 4.79. The molecular formula is C48H77NO15. The molecule has 0 saturated heterocycles. The molecule has 0 fully saturated rings. The number of rotatable bonds is 43. The largest absolute Gasteiger partial charge is 0.463 e. The molecule has 0 aromatic heterocycles. The number of benzene rings is 2. The maximum absolute atomic E-state index is 12.6. The number of carbonyl (C=O) groups excluding carboxylic acids is 2. The number of fused-ring (bicyclic) bond motifs is 3. The number of esters is 1. The van der Waals surface area contributed by atoms with Crippen molar-refractivity contribution >= 4 is 12.1 Å². The van der Waals surface area contributed by atoms with Crippen LogP contribution in [0, 0.1) is 5.92 Å². The molecule has 1 unspecified atom stereocenters. The van der Waals surface area contributed by atoms with Crippen LogP contribution < -0.4 is 0 Å². The summed E-state index contributed by atoms with van der Waals surface area (Å²) >= 11 is 0. The maximum atomic E-state index is 12.6. The molecule has 0 spiro atoms. The minimum atomic E-state index is -0.368. The summed E-state index contributed by atoms with van der Waals surface area (Å²) in [6.45, 7) is 15.3. The van der Waals surface area contributed by atoms with Crippen molar-refractivity contribution in [3.63, 3.8) is 0 Å². The Kier molecular flexibility index (Phi) is 32.6. The highest BCUT2D eigenvalue weighted by Gasteiger charge is 2.29. The van der Waals surface area contributed by atoms with Gasteiger partial charge in [0.2, 0.25) is 0 Å². The fourth-order valence-electron chi connectivity index (χ4n) is 6.56. The number of ether oxygens (including phenoxy) is 13. The molecule has 1 aliphatic rings. The van der Waals surface area contributed by atoms with E-state index in [0.29, 0.717) is 159 Å². The lowest BCUT2D eigenvalue weighted by Crippen LogP contribution is -2.32. The molecule has 0 saturated carbocycles. The number of unbranched alkanes of at least 4 members (excludes halogenated alkanes) is 1. The van der Waals surface area contributed by atoms with Gasteiger partial charge in [0.1, 0.15) is 13.2 Å². The lowest BCUT2D eigenvalue weighted by atomic mass is 9.98. The van der Waals surface area contributed by atoms with Gasteiger partial charge in [0.15, 0.2) is 0 Å². The molecule has 64 heavy (non-hydrogen) atoms. The van der Waals surface area contributed by atoms with Gasteiger partial charge >= 0.3 is 12.1 Å². The standard InChI is InChI=1S/C48H77NO15/c1-4-6-11-41(5-2)47(50)63-39-38-62-37-36-61-35-34-60-33-32-59-31-30-58-29-28-57-27-26-56-25-24-55-23-22-54-21-20-53-19-18-52-17-16-49(3)48(51)64-40-46-44-14-9-7-12-42(44)43-13-8-10-15-45(43)46/h7-10,12-15,41,46H,4-6,11,16-40H2,1-3H3. The molecule has 1 aliphatic carbocycles. The van der Waals surface area contributed by atoms with Crippen molar-refractivity contribution in [1.82, 2.24) is 4.90 Å². The third-order valence-electron chi connectivity index (χ3n) is 10.1. The first-order valence-corrected chi connectivity index (χ1v) is 23.1. The van der Waals surface area contributed by atoms with E-state index in [-0.39, 0.29) is 30.5 Å². The van der Waals surface area contributed by atoms with Crippen LogP contribution in [0.1, 0.15) is 56.6 Å². The monoisotopic (exact) mass is 908 g/mol. The van der Waals surface area contributed by atoms with Crippen LogP contribution in [0.5, 0.6) is 0 Å². The molecule has 0 bridgehead atoms. The Morgan fingerprint density at radius 2 is 0.828 bits per heavy atom. The van der Waals surface area contributed by atoms with Crippen LogP contribution >= 0.6 is 0 Å². The predicted octanol–water partition coefficient (Wildman–Crippen LogP) is 5.81. The zero-order valence-electron chi connectivity index (χ0n) is 38.9. The van der Waals surface area contributed by atoms with Gasteiger partial charge in [-0.05, 0) is 35.1 Å². The molecule has 2 aromatic rings. The van der Waals surface area contributed by atoms with Gasteiger partial charge < -0.3 is 66.5 Å². The lowest BCUT2D eigenvalue weighted by molar-refractivity contribution is -0.150. The normalized spacial score (nSPS) is 12.6. The predicted molar refractivity (Wildman–Crippen MR) is 241 cm³/mol. The van der Waals surface area contributed by atoms with Gasteiger partial charge in [-0.25, -0.2) is 4.79 Å². The number of hydrogen-bond acceptors (Lipinski definition) is 15. The third kappa shape index (κ3) is 24.9. The van der Waals surface area contributed by atoms with Crippen LogP contribution in [0.4, 0.5) is 4.79 Å². The molecule has 0 radical (unpaired) electrons. The van der Waals surface area contributed by atoms with Gasteiger partial charge in [-0.15, -0.1) is 0 Å². The van der Waals surface area contributed by atoms with Crippen molar-refractivity contribution in [3.05, 3.63) is 59.7 Å². The molecule has 16 nitrogen and oxygen atoms in total. The van der Waals surface area contributed by atoms with Gasteiger partial charge in [0, 0.05) is 19.5 Å². The number of likely N-dealkylation sites (N-methyl/N-ethyl adjacent to an activating group) is 1. The zero-order valence-corrected chi connectivity index (χ0v) is 38.9. The highest BCUT2D eigenvalue weighted by Crippen LogP contribution is 2.44. The minimum Gasteiger partial charge on any atom is -0.463 e. The molecule has 364 valence electrons. The van der Waals surface area contributed by atoms with Crippen LogP contribution in [0.2, 0.25) is 0 Å². The van der Waals surface area contributed by atoms with Crippen LogP contribution in [0.15, 0.2) is 48.5 Å². The summed E-state index contributed by atoms with van der Waals surface area (Å²) in [5, 5.41) is 0. The maximum Gasteiger partial charge on any atom is 0.409 e. The van der Waals surface area contributed by atoms with Gasteiger partial charge in [0.25, 0.3) is 0 Å². The van der Waals surface area contributed by atoms with Gasteiger partial charge in [-0.1, -0.05) is 75.2 Å². The topological polar surface area (TPSA) is 157 Å². The van der Waals surface area contributed by atoms with Crippen LogP contribution in [0.3, 0.4) is 0 Å². The summed E-state index contributed by atoms with van der Waals surface area (Å²) < 4.78 is 71.7. The number of nitrogens with zero attached hydrogens (tertiary/aromatic N) is 1. The fraction of sp³-hybridized carbons (Fsp3) is 0.708. The van der Waals surface area contributed by atoms with Crippen molar-refractivity contribution in [2.75, 3.05) is 172 Å². The second kappa shape index (κ2) is 37.9. The summed E-state index contributed by atoms with van der Waals surface area (Å²) in [6.07, 6.45) is 3.44. The molecule has 1 atom stereocenters. The summed E-state index contributed by atoms with van der Waals surface area (Å²) in [4.78, 5) is 26.2. The van der Waals surface area contributed by atoms with Crippen molar-refractivity contribution in [1.29, 1.82) is 0 Å². The van der Waals surface area contributed by atoms with Crippen molar-refractivity contribution in [3.8, 4) is 11.1 Å². The smallest absolute Gasteiger partial charge is 0.409 e. The first-order chi connectivity index (χ1) is 31.6. The second-order valence-electron chi connectivity index (χ2n) is 14.9. The van der Waals surface area contributed by atoms with E-state index in [4.69, 9.17) is 61.6 Å². The van der Waals surface area contributed by atoms with E-state index in [2.05, 4.69) is 31.2 Å². The molecule has 3 rings (SSSR count). The Bertz CT molecular complexity index is 1410. The number of carbonyl (C=O) groups is 2. The third-order valence-corrected chi connectivity index (χ3v) is 10.1. The SMILES string of the molecule is CCCCC(CC)C(=O)OCCOCCOCCOCCOCCOCCOCCOCCOCCOCCOCCOCCN(C)C(=O)OCC1c2ccccc2-c2ccccc21. The van der Waals surface area contributed by atoms with Crippen LogP contribution in [-0.2, 0) is 66.4 Å². The van der Waals surface area contributed by atoms with Gasteiger partial charge in [-0.3, -0.25) is 4.79 Å². The van der Waals surface area contributed by atoms with E-state index in [9.17, 15) is 9.59 Å². The quantitative estimate of drug-likeness (QED) is 0.0580. The molecular weight excluding hydrogens is 831 g/mol. The van der Waals surface area contributed by atoms with Crippen molar-refractivity contribution in [2.45, 2.75) is 45.4 Å². The Balaban J connectivity index is 0.940. The van der Waals surface area contributed by atoms with E-state index in [1.54, 1.807) is 7.05 Å². The Morgan fingerprint density at radius 3 is 1.19 bits per heavy atom. The number of hydrogen-bond donors (Lipinski definition) is 0. The van der Waals surface area contributed by atoms with E-state index in [1.165, 1.54) is 27.2 Å². The van der Waals surface area contributed by atoms with Crippen LogP contribution in [-0.4, -0.2) is 189 Å². The van der Waals surface area contributed by atoms with E-state index in [1.807, 2.05) is 31.2 Å². The summed E-state index contributed by atoms with van der Waals surface area (Å²) in [6, 6.07) is 16.6. The Morgan fingerprint density at radius 1 is 0.484 bits per heavy atom. The molecule has 2 aromatic carbocycles. The molecule has 16 heteroatoms. The molecule has 1 amide bonds. The first-order valence-electron chi connectivity index (χ1n) is 23.1. The van der Waals surface area contributed by atoms with Crippen LogP contribution in [0.25, 0.3) is 11.1 Å². The van der Waals surface area contributed by atoms with Crippen molar-refractivity contribution < 1.29 is 71.2 Å². The lowest BCUT2D eigenvalue weighted by Gasteiger charge is -2.19. The Labute approximate surface area is 381 Å². The van der Waals surface area contributed by atoms with E-state index < -0.39 is 0 Å².